The Morgan fingerprint density at radius 1 is 1.36 bits per heavy atom. The molecule has 130 valence electrons. The number of aryl methyl sites for hydroxylation is 2. The quantitative estimate of drug-likeness (QED) is 0.717. The van der Waals surface area contributed by atoms with Gasteiger partial charge < -0.3 is 4.90 Å². The van der Waals surface area contributed by atoms with E-state index in [9.17, 15) is 4.79 Å². The number of fused-ring (bicyclic) bond motifs is 1. The van der Waals surface area contributed by atoms with E-state index >= 15 is 0 Å². The topological polar surface area (TPSA) is 50.5 Å². The van der Waals surface area contributed by atoms with E-state index in [0.29, 0.717) is 0 Å². The molecule has 0 radical (unpaired) electrons. The molecule has 0 saturated carbocycles. The van der Waals surface area contributed by atoms with Gasteiger partial charge in [0, 0.05) is 36.1 Å². The zero-order valence-corrected chi connectivity index (χ0v) is 15.2. The van der Waals surface area contributed by atoms with Gasteiger partial charge in [0.1, 0.15) is 5.69 Å². The van der Waals surface area contributed by atoms with Crippen molar-refractivity contribution in [1.29, 1.82) is 0 Å². The highest BCUT2D eigenvalue weighted by Gasteiger charge is 2.30. The van der Waals surface area contributed by atoms with Crippen molar-refractivity contribution in [3.8, 4) is 0 Å². The van der Waals surface area contributed by atoms with Crippen LogP contribution in [0.2, 0.25) is 0 Å². The van der Waals surface area contributed by atoms with Crippen LogP contribution in [0.4, 0.5) is 0 Å². The van der Waals surface area contributed by atoms with Gasteiger partial charge >= 0.3 is 0 Å². The molecule has 0 bridgehead atoms. The molecular formula is C19H22N4OS. The molecule has 6 heteroatoms. The fourth-order valence-corrected chi connectivity index (χ4v) is 4.48. The number of hydrogen-bond acceptors (Lipinski definition) is 4. The zero-order valence-electron chi connectivity index (χ0n) is 14.4. The summed E-state index contributed by atoms with van der Waals surface area (Å²) in [5, 5.41) is 1.98. The molecule has 1 aliphatic heterocycles. The van der Waals surface area contributed by atoms with Gasteiger partial charge in [-0.1, -0.05) is 6.07 Å². The number of hydrogen-bond donors (Lipinski definition) is 0. The smallest absolute Gasteiger partial charge is 0.273 e. The van der Waals surface area contributed by atoms with Gasteiger partial charge in [-0.05, 0) is 51.2 Å². The normalized spacial score (nSPS) is 18.0. The second-order valence-corrected chi connectivity index (χ2v) is 7.48. The van der Waals surface area contributed by atoms with E-state index in [1.807, 2.05) is 41.2 Å². The van der Waals surface area contributed by atoms with Crippen LogP contribution in [0.15, 0.2) is 36.0 Å². The van der Waals surface area contributed by atoms with E-state index in [0.717, 1.165) is 54.3 Å². The minimum atomic E-state index is 0.120. The van der Waals surface area contributed by atoms with Crippen LogP contribution >= 0.6 is 11.3 Å². The first-order valence-electron chi connectivity index (χ1n) is 8.87. The van der Waals surface area contributed by atoms with Crippen LogP contribution in [0, 0.1) is 6.92 Å². The third kappa shape index (κ3) is 3.18. The summed E-state index contributed by atoms with van der Waals surface area (Å²) in [4.78, 5) is 25.2. The van der Waals surface area contributed by atoms with Gasteiger partial charge in [0.25, 0.3) is 5.91 Å². The van der Waals surface area contributed by atoms with Crippen molar-refractivity contribution in [3.05, 3.63) is 53.1 Å². The molecule has 1 amide bonds. The Balaban J connectivity index is 1.55. The van der Waals surface area contributed by atoms with Gasteiger partial charge in [0.2, 0.25) is 0 Å². The number of piperidine rings is 1. The molecule has 0 aromatic carbocycles. The Morgan fingerprint density at radius 2 is 2.28 bits per heavy atom. The number of pyridine rings is 1. The summed E-state index contributed by atoms with van der Waals surface area (Å²) in [6, 6.07) is 6.31. The highest BCUT2D eigenvalue weighted by molar-refractivity contribution is 7.15. The lowest BCUT2D eigenvalue weighted by Crippen LogP contribution is -2.44. The highest BCUT2D eigenvalue weighted by atomic mass is 32.1. The van der Waals surface area contributed by atoms with Gasteiger partial charge in [-0.15, -0.1) is 11.3 Å². The first-order chi connectivity index (χ1) is 12.2. The molecule has 5 nitrogen and oxygen atoms in total. The van der Waals surface area contributed by atoms with Crippen molar-refractivity contribution in [2.45, 2.75) is 45.1 Å². The molecule has 4 rings (SSSR count). The molecule has 1 atom stereocenters. The number of likely N-dealkylation sites (tertiary alicyclic amines) is 1. The molecule has 1 unspecified atom stereocenters. The zero-order chi connectivity index (χ0) is 17.2. The van der Waals surface area contributed by atoms with Crippen LogP contribution in [-0.4, -0.2) is 37.8 Å². The summed E-state index contributed by atoms with van der Waals surface area (Å²) in [6.45, 7) is 2.77. The molecule has 1 aliphatic rings. The molecule has 1 fully saturated rings. The maximum absolute atomic E-state index is 13.3. The van der Waals surface area contributed by atoms with E-state index < -0.39 is 0 Å². The van der Waals surface area contributed by atoms with Gasteiger partial charge in [0.15, 0.2) is 4.96 Å². The second kappa shape index (κ2) is 6.96. The summed E-state index contributed by atoms with van der Waals surface area (Å²) >= 11 is 1.57. The van der Waals surface area contributed by atoms with Gasteiger partial charge in [0.05, 0.1) is 5.69 Å². The summed E-state index contributed by atoms with van der Waals surface area (Å²) in [6.07, 6.45) is 9.00. The minimum absolute atomic E-state index is 0.120. The van der Waals surface area contributed by atoms with E-state index in [-0.39, 0.29) is 11.9 Å². The summed E-state index contributed by atoms with van der Waals surface area (Å²) < 4.78 is 1.94. The van der Waals surface area contributed by atoms with E-state index in [1.54, 1.807) is 11.3 Å². The van der Waals surface area contributed by atoms with Crippen LogP contribution in [0.3, 0.4) is 0 Å². The van der Waals surface area contributed by atoms with Crippen LogP contribution in [0.5, 0.6) is 0 Å². The SMILES string of the molecule is Cc1nc2sccn2c1C(=O)N1CCCCC1CCc1ccccn1. The molecule has 0 aliphatic carbocycles. The number of nitrogens with zero attached hydrogens (tertiary/aromatic N) is 4. The lowest BCUT2D eigenvalue weighted by molar-refractivity contribution is 0.0593. The maximum atomic E-state index is 13.3. The number of carbonyl (C=O) groups is 1. The highest BCUT2D eigenvalue weighted by Crippen LogP contribution is 2.25. The number of rotatable bonds is 4. The Bertz CT molecular complexity index is 870. The van der Waals surface area contributed by atoms with Crippen molar-refractivity contribution in [2.24, 2.45) is 0 Å². The van der Waals surface area contributed by atoms with Crippen molar-refractivity contribution >= 4 is 22.2 Å². The van der Waals surface area contributed by atoms with Gasteiger partial charge in [-0.2, -0.15) is 0 Å². The van der Waals surface area contributed by atoms with Crippen molar-refractivity contribution in [3.63, 3.8) is 0 Å². The fraction of sp³-hybridized carbons (Fsp3) is 0.421. The molecule has 1 saturated heterocycles. The summed E-state index contributed by atoms with van der Waals surface area (Å²) in [5.41, 5.74) is 2.65. The average Bonchev–Trinajstić information content (AvgIpc) is 3.20. The molecule has 0 N–H and O–H groups in total. The minimum Gasteiger partial charge on any atom is -0.334 e. The molecule has 3 aromatic heterocycles. The summed E-state index contributed by atoms with van der Waals surface area (Å²) in [7, 11) is 0. The molecule has 25 heavy (non-hydrogen) atoms. The number of imidazole rings is 1. The largest absolute Gasteiger partial charge is 0.334 e. The molecule has 0 spiro atoms. The Kier molecular flexibility index (Phi) is 4.53. The number of carbonyl (C=O) groups excluding carboxylic acids is 1. The lowest BCUT2D eigenvalue weighted by atomic mass is 9.96. The lowest BCUT2D eigenvalue weighted by Gasteiger charge is -2.36. The predicted octanol–water partition coefficient (Wildman–Crippen LogP) is 3.73. The average molecular weight is 354 g/mol. The summed E-state index contributed by atoms with van der Waals surface area (Å²) in [5.74, 6) is 0.120. The van der Waals surface area contributed by atoms with E-state index in [4.69, 9.17) is 0 Å². The second-order valence-electron chi connectivity index (χ2n) is 6.61. The third-order valence-electron chi connectivity index (χ3n) is 4.99. The number of amides is 1. The van der Waals surface area contributed by atoms with Gasteiger partial charge in [-0.3, -0.25) is 14.2 Å². The predicted molar refractivity (Wildman–Crippen MR) is 99.0 cm³/mol. The van der Waals surface area contributed by atoms with Crippen molar-refractivity contribution in [1.82, 2.24) is 19.3 Å². The maximum Gasteiger partial charge on any atom is 0.273 e. The molecule has 3 aromatic rings. The van der Waals surface area contributed by atoms with Crippen LogP contribution < -0.4 is 0 Å². The van der Waals surface area contributed by atoms with E-state index in [1.165, 1.54) is 6.42 Å². The van der Waals surface area contributed by atoms with Crippen LogP contribution in [0.1, 0.15) is 47.6 Å². The van der Waals surface area contributed by atoms with Crippen LogP contribution in [-0.2, 0) is 6.42 Å². The Labute approximate surface area is 151 Å². The van der Waals surface area contributed by atoms with Crippen molar-refractivity contribution < 1.29 is 4.79 Å². The Hall–Kier alpha value is -2.21. The number of aromatic nitrogens is 3. The first-order valence-corrected chi connectivity index (χ1v) is 9.75. The van der Waals surface area contributed by atoms with Crippen molar-refractivity contribution in [2.75, 3.05) is 6.54 Å². The molecule has 4 heterocycles. The third-order valence-corrected chi connectivity index (χ3v) is 5.74. The molecular weight excluding hydrogens is 332 g/mol. The van der Waals surface area contributed by atoms with Gasteiger partial charge in [-0.25, -0.2) is 4.98 Å². The Morgan fingerprint density at radius 3 is 3.12 bits per heavy atom. The number of thiazole rings is 1. The van der Waals surface area contributed by atoms with Crippen LogP contribution in [0.25, 0.3) is 4.96 Å². The van der Waals surface area contributed by atoms with E-state index in [2.05, 4.69) is 20.9 Å². The standard InChI is InChI=1S/C19H22N4OS/c1-14-17(23-12-13-25-19(23)21-14)18(24)22-11-5-3-7-16(22)9-8-15-6-2-4-10-20-15/h2,4,6,10,12-13,16H,3,5,7-9,11H2,1H3. The fourth-order valence-electron chi connectivity index (χ4n) is 3.72. The first kappa shape index (κ1) is 16.3. The monoisotopic (exact) mass is 354 g/mol.